The van der Waals surface area contributed by atoms with Gasteiger partial charge in [0.2, 0.25) is 0 Å². The van der Waals surface area contributed by atoms with E-state index in [4.69, 9.17) is 9.97 Å². The van der Waals surface area contributed by atoms with Crippen LogP contribution in [0, 0.1) is 5.92 Å². The van der Waals surface area contributed by atoms with Gasteiger partial charge >= 0.3 is 0 Å². The summed E-state index contributed by atoms with van der Waals surface area (Å²) in [7, 11) is 0. The Labute approximate surface area is 156 Å². The highest BCUT2D eigenvalue weighted by Crippen LogP contribution is 2.44. The van der Waals surface area contributed by atoms with Crippen LogP contribution < -0.4 is 0 Å². The lowest BCUT2D eigenvalue weighted by Gasteiger charge is -2.18. The summed E-state index contributed by atoms with van der Waals surface area (Å²) >= 11 is 3.75. The van der Waals surface area contributed by atoms with E-state index in [1.54, 1.807) is 4.88 Å². The van der Waals surface area contributed by atoms with Crippen LogP contribution in [0.4, 0.5) is 0 Å². The smallest absolute Gasteiger partial charge is 0.134 e. The van der Waals surface area contributed by atoms with E-state index in [-0.39, 0.29) is 0 Å². The molecule has 0 amide bonds. The molecule has 25 heavy (non-hydrogen) atoms. The Morgan fingerprint density at radius 3 is 2.92 bits per heavy atom. The van der Waals surface area contributed by atoms with Crippen molar-refractivity contribution in [2.45, 2.75) is 55.7 Å². The number of aryl methyl sites for hydroxylation is 1. The van der Waals surface area contributed by atoms with Crippen molar-refractivity contribution in [2.24, 2.45) is 5.92 Å². The third-order valence-corrected chi connectivity index (χ3v) is 7.32. The van der Waals surface area contributed by atoms with Crippen LogP contribution >= 0.6 is 23.1 Å². The van der Waals surface area contributed by atoms with Gasteiger partial charge in [-0.2, -0.15) is 0 Å². The Morgan fingerprint density at radius 1 is 1.20 bits per heavy atom. The molecule has 0 N–H and O–H groups in total. The molecular formula is C20H21N3S2. The lowest BCUT2D eigenvalue weighted by atomic mass is 9.89. The number of hydrogen-bond donors (Lipinski definition) is 0. The fourth-order valence-corrected chi connectivity index (χ4v) is 6.01. The van der Waals surface area contributed by atoms with Crippen LogP contribution in [0.2, 0.25) is 0 Å². The second-order valence-electron chi connectivity index (χ2n) is 7.30. The molecule has 1 atom stereocenters. The Morgan fingerprint density at radius 2 is 2.12 bits per heavy atom. The first-order valence-corrected chi connectivity index (χ1v) is 10.9. The van der Waals surface area contributed by atoms with Crippen LogP contribution in [0.15, 0.2) is 29.4 Å². The molecule has 2 aliphatic carbocycles. The molecule has 0 saturated heterocycles. The zero-order valence-corrected chi connectivity index (χ0v) is 16.0. The molecule has 3 nitrogen and oxygen atoms in total. The summed E-state index contributed by atoms with van der Waals surface area (Å²) in [5.74, 6) is 3.33. The summed E-state index contributed by atoms with van der Waals surface area (Å²) in [6.07, 6.45) is 8.04. The van der Waals surface area contributed by atoms with E-state index in [0.717, 1.165) is 23.2 Å². The zero-order valence-electron chi connectivity index (χ0n) is 14.4. The minimum Gasteiger partial charge on any atom is -0.260 e. The van der Waals surface area contributed by atoms with E-state index in [1.807, 2.05) is 35.4 Å². The lowest BCUT2D eigenvalue weighted by Crippen LogP contribution is -2.08. The van der Waals surface area contributed by atoms with Crippen molar-refractivity contribution in [3.05, 3.63) is 46.4 Å². The lowest BCUT2D eigenvalue weighted by molar-refractivity contribution is 0.509. The fraction of sp³-hybridized carbons (Fsp3) is 0.450. The van der Waals surface area contributed by atoms with Gasteiger partial charge < -0.3 is 0 Å². The summed E-state index contributed by atoms with van der Waals surface area (Å²) in [5, 5.41) is 2.53. The molecule has 5 heteroatoms. The number of thioether (sulfide) groups is 1. The maximum Gasteiger partial charge on any atom is 0.134 e. The van der Waals surface area contributed by atoms with E-state index in [0.29, 0.717) is 5.92 Å². The van der Waals surface area contributed by atoms with E-state index in [1.165, 1.54) is 52.9 Å². The van der Waals surface area contributed by atoms with Gasteiger partial charge in [-0.1, -0.05) is 24.8 Å². The highest BCUT2D eigenvalue weighted by atomic mass is 32.2. The average molecular weight is 368 g/mol. The van der Waals surface area contributed by atoms with Crippen LogP contribution in [0.1, 0.15) is 54.1 Å². The first-order valence-electron chi connectivity index (χ1n) is 9.13. The zero-order chi connectivity index (χ0) is 16.8. The molecule has 0 radical (unpaired) electrons. The van der Waals surface area contributed by atoms with Crippen LogP contribution in [0.5, 0.6) is 0 Å². The standard InChI is InChI=1S/C20H21N3S2/c1-12-5-8-15-16(10-12)25-20-17(15)19(22-18(23-20)13-6-7-13)24-11-14-4-2-3-9-21-14/h2-4,9,12-13H,5-8,10-11H2,1H3/t12-/m1/s1. The molecule has 3 aromatic heterocycles. The fourth-order valence-electron chi connectivity index (χ4n) is 3.58. The maximum absolute atomic E-state index is 5.01. The van der Waals surface area contributed by atoms with Gasteiger partial charge in [-0.25, -0.2) is 9.97 Å². The molecule has 2 aliphatic rings. The van der Waals surface area contributed by atoms with Gasteiger partial charge in [0.1, 0.15) is 15.7 Å². The van der Waals surface area contributed by atoms with E-state index in [2.05, 4.69) is 24.0 Å². The summed E-state index contributed by atoms with van der Waals surface area (Å²) in [6, 6.07) is 6.12. The van der Waals surface area contributed by atoms with E-state index < -0.39 is 0 Å². The van der Waals surface area contributed by atoms with Crippen LogP contribution in [-0.4, -0.2) is 15.0 Å². The average Bonchev–Trinajstić information content (AvgIpc) is 3.41. The third kappa shape index (κ3) is 3.08. The number of aromatic nitrogens is 3. The molecule has 0 bridgehead atoms. The molecule has 3 heterocycles. The largest absolute Gasteiger partial charge is 0.260 e. The molecular weight excluding hydrogens is 346 g/mol. The first kappa shape index (κ1) is 15.8. The number of hydrogen-bond acceptors (Lipinski definition) is 5. The second kappa shape index (κ2) is 6.36. The summed E-state index contributed by atoms with van der Waals surface area (Å²) in [4.78, 5) is 17.2. The first-order chi connectivity index (χ1) is 12.3. The molecule has 0 aromatic carbocycles. The Bertz CT molecular complexity index is 916. The highest BCUT2D eigenvalue weighted by Gasteiger charge is 2.30. The van der Waals surface area contributed by atoms with Crippen molar-refractivity contribution in [2.75, 3.05) is 0 Å². The van der Waals surface area contributed by atoms with Gasteiger partial charge in [-0.05, 0) is 55.7 Å². The molecule has 1 fully saturated rings. The van der Waals surface area contributed by atoms with Crippen LogP contribution in [0.3, 0.4) is 0 Å². The monoisotopic (exact) mass is 367 g/mol. The van der Waals surface area contributed by atoms with Crippen molar-refractivity contribution < 1.29 is 0 Å². The quantitative estimate of drug-likeness (QED) is 0.458. The van der Waals surface area contributed by atoms with Crippen LogP contribution in [0.25, 0.3) is 10.2 Å². The number of thiophene rings is 1. The SMILES string of the molecule is C[C@@H]1CCc2c(sc3nc(C4CC4)nc(SCc4ccccn4)c23)C1. The van der Waals surface area contributed by atoms with Gasteiger partial charge in [0.05, 0.1) is 5.69 Å². The van der Waals surface area contributed by atoms with Gasteiger partial charge in [0.15, 0.2) is 0 Å². The number of rotatable bonds is 4. The Hall–Kier alpha value is -1.46. The topological polar surface area (TPSA) is 38.7 Å². The molecule has 0 unspecified atom stereocenters. The number of pyridine rings is 1. The number of fused-ring (bicyclic) bond motifs is 3. The Balaban J connectivity index is 1.57. The molecule has 0 spiro atoms. The van der Waals surface area contributed by atoms with Crippen molar-refractivity contribution >= 4 is 33.3 Å². The predicted molar refractivity (Wildman–Crippen MR) is 104 cm³/mol. The van der Waals surface area contributed by atoms with Crippen molar-refractivity contribution in [3.63, 3.8) is 0 Å². The van der Waals surface area contributed by atoms with Crippen molar-refractivity contribution in [1.29, 1.82) is 0 Å². The summed E-state index contributed by atoms with van der Waals surface area (Å²) in [6.45, 7) is 2.37. The normalized spacial score (nSPS) is 20.0. The molecule has 128 valence electrons. The van der Waals surface area contributed by atoms with Gasteiger partial charge in [0, 0.05) is 28.1 Å². The molecule has 0 aliphatic heterocycles. The van der Waals surface area contributed by atoms with Crippen molar-refractivity contribution in [3.8, 4) is 0 Å². The molecule has 3 aromatic rings. The van der Waals surface area contributed by atoms with Gasteiger partial charge in [0.25, 0.3) is 0 Å². The third-order valence-electron chi connectivity index (χ3n) is 5.16. The van der Waals surface area contributed by atoms with Gasteiger partial charge in [-0.15, -0.1) is 11.3 Å². The molecule has 5 rings (SSSR count). The minimum absolute atomic E-state index is 0.594. The second-order valence-corrected chi connectivity index (χ2v) is 9.35. The Kier molecular flexibility index (Phi) is 4.01. The maximum atomic E-state index is 5.01. The van der Waals surface area contributed by atoms with Gasteiger partial charge in [-0.3, -0.25) is 4.98 Å². The van der Waals surface area contributed by atoms with E-state index in [9.17, 15) is 0 Å². The number of nitrogens with zero attached hydrogens (tertiary/aromatic N) is 3. The highest BCUT2D eigenvalue weighted by molar-refractivity contribution is 7.98. The minimum atomic E-state index is 0.594. The van der Waals surface area contributed by atoms with Crippen molar-refractivity contribution in [1.82, 2.24) is 15.0 Å². The summed E-state index contributed by atoms with van der Waals surface area (Å²) < 4.78 is 0. The predicted octanol–water partition coefficient (Wildman–Crippen LogP) is 5.38. The molecule has 1 saturated carbocycles. The summed E-state index contributed by atoms with van der Waals surface area (Å²) in [5.41, 5.74) is 2.65. The van der Waals surface area contributed by atoms with Crippen LogP contribution in [-0.2, 0) is 18.6 Å². The van der Waals surface area contributed by atoms with E-state index >= 15 is 0 Å².